The van der Waals surface area contributed by atoms with Crippen LogP contribution in [0.15, 0.2) is 36.4 Å². The molecule has 0 spiro atoms. The van der Waals surface area contributed by atoms with E-state index in [9.17, 15) is 4.79 Å². The zero-order chi connectivity index (χ0) is 18.3. The molecular formula is C18H21IN2O3S. The molecule has 134 valence electrons. The monoisotopic (exact) mass is 472 g/mol. The molecule has 3 rings (SSSR count). The van der Waals surface area contributed by atoms with Gasteiger partial charge in [-0.3, -0.25) is 9.89 Å². The van der Waals surface area contributed by atoms with Crippen molar-refractivity contribution in [3.8, 4) is 0 Å². The minimum absolute atomic E-state index is 0.318. The number of halogens is 1. The number of aromatic amines is 1. The predicted octanol–water partition coefficient (Wildman–Crippen LogP) is 4.90. The van der Waals surface area contributed by atoms with E-state index in [1.54, 1.807) is 11.3 Å². The number of aromatic nitrogens is 2. The van der Waals surface area contributed by atoms with Crippen molar-refractivity contribution in [1.29, 1.82) is 0 Å². The van der Waals surface area contributed by atoms with Gasteiger partial charge in [-0.1, -0.05) is 30.3 Å². The van der Waals surface area contributed by atoms with E-state index in [-0.39, 0.29) is 5.60 Å². The highest BCUT2D eigenvalue weighted by Gasteiger charge is 2.08. The van der Waals surface area contributed by atoms with Crippen LogP contribution >= 0.6 is 33.9 Å². The van der Waals surface area contributed by atoms with E-state index in [0.29, 0.717) is 19.7 Å². The van der Waals surface area contributed by atoms with Gasteiger partial charge in [0.15, 0.2) is 0 Å². The Morgan fingerprint density at radius 2 is 1.96 bits per heavy atom. The van der Waals surface area contributed by atoms with Crippen molar-refractivity contribution >= 4 is 50.6 Å². The third-order valence-electron chi connectivity index (χ3n) is 2.99. The maximum atomic E-state index is 9.60. The van der Waals surface area contributed by atoms with Crippen LogP contribution in [-0.2, 0) is 27.5 Å². The first-order chi connectivity index (χ1) is 11.9. The van der Waals surface area contributed by atoms with Crippen molar-refractivity contribution in [3.05, 3.63) is 50.5 Å². The summed E-state index contributed by atoms with van der Waals surface area (Å²) in [6.07, 6.45) is 0. The summed E-state index contributed by atoms with van der Waals surface area (Å²) < 4.78 is 12.6. The lowest BCUT2D eigenvalue weighted by atomic mass is 10.2. The van der Waals surface area contributed by atoms with Crippen molar-refractivity contribution < 1.29 is 14.3 Å². The molecule has 5 nitrogen and oxygen atoms in total. The van der Waals surface area contributed by atoms with Gasteiger partial charge in [-0.15, -0.1) is 11.3 Å². The standard InChI is InChI=1S/C13H11IN2OS.C5H10O2/c14-13-12-11(15-16-13)6-10(18-12)8-17-7-9-4-2-1-3-5-9;1-5(2,3)7-4-6/h1-6H,7-8H2,(H,15,16);4H,1-3H3. The summed E-state index contributed by atoms with van der Waals surface area (Å²) in [6, 6.07) is 12.3. The fourth-order valence-electron chi connectivity index (χ4n) is 1.89. The van der Waals surface area contributed by atoms with Crippen LogP contribution in [0.4, 0.5) is 0 Å². The predicted molar refractivity (Wildman–Crippen MR) is 109 cm³/mol. The van der Waals surface area contributed by atoms with Crippen LogP contribution in [0.1, 0.15) is 31.2 Å². The number of nitrogens with zero attached hydrogens (tertiary/aromatic N) is 1. The van der Waals surface area contributed by atoms with Crippen LogP contribution in [-0.4, -0.2) is 22.3 Å². The van der Waals surface area contributed by atoms with Gasteiger partial charge in [0, 0.05) is 4.88 Å². The molecule has 0 bridgehead atoms. The van der Waals surface area contributed by atoms with Crippen LogP contribution in [0.2, 0.25) is 0 Å². The minimum Gasteiger partial charge on any atom is -0.462 e. The molecule has 2 aromatic heterocycles. The van der Waals surface area contributed by atoms with E-state index in [2.05, 4.69) is 55.7 Å². The second-order valence-electron chi connectivity index (χ2n) is 6.27. The van der Waals surface area contributed by atoms with Crippen molar-refractivity contribution in [2.24, 2.45) is 0 Å². The lowest BCUT2D eigenvalue weighted by Crippen LogP contribution is -2.17. The molecule has 0 radical (unpaired) electrons. The van der Waals surface area contributed by atoms with E-state index in [0.717, 1.165) is 9.22 Å². The Kier molecular flexibility index (Phi) is 7.39. The number of fused-ring (bicyclic) bond motifs is 1. The number of thiophene rings is 1. The molecule has 0 saturated heterocycles. The van der Waals surface area contributed by atoms with Gasteiger partial charge in [-0.2, -0.15) is 5.10 Å². The quantitative estimate of drug-likeness (QED) is 0.424. The van der Waals surface area contributed by atoms with Crippen LogP contribution in [0, 0.1) is 3.70 Å². The van der Waals surface area contributed by atoms with Gasteiger partial charge in [0.25, 0.3) is 6.47 Å². The zero-order valence-corrected chi connectivity index (χ0v) is 17.4. The number of carbonyl (C=O) groups excluding carboxylic acids is 1. The number of carbonyl (C=O) groups is 1. The molecule has 0 aliphatic carbocycles. The molecule has 1 aromatic carbocycles. The first-order valence-corrected chi connectivity index (χ1v) is 9.64. The van der Waals surface area contributed by atoms with Crippen LogP contribution in [0.25, 0.3) is 10.2 Å². The summed E-state index contributed by atoms with van der Waals surface area (Å²) in [5.41, 5.74) is 1.92. The van der Waals surface area contributed by atoms with Gasteiger partial charge in [0.05, 0.1) is 17.9 Å². The second kappa shape index (κ2) is 9.30. The first kappa shape index (κ1) is 19.9. The van der Waals surface area contributed by atoms with Gasteiger partial charge >= 0.3 is 0 Å². The van der Waals surface area contributed by atoms with E-state index in [1.807, 2.05) is 39.0 Å². The zero-order valence-electron chi connectivity index (χ0n) is 14.4. The topological polar surface area (TPSA) is 64.2 Å². The van der Waals surface area contributed by atoms with Crippen LogP contribution in [0.5, 0.6) is 0 Å². The van der Waals surface area contributed by atoms with Gasteiger partial charge in [-0.05, 0) is 55.0 Å². The summed E-state index contributed by atoms with van der Waals surface area (Å²) in [6.45, 7) is 7.22. The van der Waals surface area contributed by atoms with Gasteiger partial charge in [-0.25, -0.2) is 0 Å². The van der Waals surface area contributed by atoms with Crippen molar-refractivity contribution in [1.82, 2.24) is 10.2 Å². The summed E-state index contributed by atoms with van der Waals surface area (Å²) in [4.78, 5) is 10.8. The highest BCUT2D eigenvalue weighted by molar-refractivity contribution is 14.1. The largest absolute Gasteiger partial charge is 0.462 e. The SMILES string of the molecule is CC(C)(C)OC=O.Ic1[nH]nc2cc(COCc3ccccc3)sc12. The maximum absolute atomic E-state index is 9.60. The van der Waals surface area contributed by atoms with Gasteiger partial charge in [0.2, 0.25) is 0 Å². The number of hydrogen-bond acceptors (Lipinski definition) is 5. The number of hydrogen-bond donors (Lipinski definition) is 1. The Morgan fingerprint density at radius 3 is 2.52 bits per heavy atom. The van der Waals surface area contributed by atoms with Crippen molar-refractivity contribution in [2.45, 2.75) is 39.6 Å². The molecule has 0 aliphatic rings. The Morgan fingerprint density at radius 1 is 1.24 bits per heavy atom. The second-order valence-corrected chi connectivity index (χ2v) is 8.49. The third-order valence-corrected chi connectivity index (χ3v) is 5.26. The molecule has 25 heavy (non-hydrogen) atoms. The van der Waals surface area contributed by atoms with Gasteiger partial charge < -0.3 is 9.47 Å². The Bertz CT molecular complexity index is 794. The fourth-order valence-corrected chi connectivity index (χ4v) is 3.54. The van der Waals surface area contributed by atoms with Gasteiger partial charge in [0.1, 0.15) is 14.8 Å². The molecule has 0 fully saturated rings. The number of benzene rings is 1. The van der Waals surface area contributed by atoms with E-state index >= 15 is 0 Å². The summed E-state index contributed by atoms with van der Waals surface area (Å²) in [7, 11) is 0. The molecule has 3 aromatic rings. The van der Waals surface area contributed by atoms with Crippen LogP contribution < -0.4 is 0 Å². The Balaban J connectivity index is 0.000000277. The molecule has 1 N–H and O–H groups in total. The normalized spacial score (nSPS) is 11.0. The number of rotatable bonds is 5. The molecule has 0 amide bonds. The highest BCUT2D eigenvalue weighted by Crippen LogP contribution is 2.28. The summed E-state index contributed by atoms with van der Waals surface area (Å²) in [5, 5.41) is 7.20. The molecule has 0 atom stereocenters. The lowest BCUT2D eigenvalue weighted by Gasteiger charge is -2.14. The fraction of sp³-hybridized carbons (Fsp3) is 0.333. The van der Waals surface area contributed by atoms with Crippen molar-refractivity contribution in [2.75, 3.05) is 0 Å². The molecule has 0 unspecified atom stereocenters. The maximum Gasteiger partial charge on any atom is 0.293 e. The number of nitrogens with one attached hydrogen (secondary N) is 1. The molecule has 2 heterocycles. The molecule has 7 heteroatoms. The Hall–Kier alpha value is -1.45. The van der Waals surface area contributed by atoms with Crippen LogP contribution in [0.3, 0.4) is 0 Å². The smallest absolute Gasteiger partial charge is 0.293 e. The first-order valence-electron chi connectivity index (χ1n) is 7.74. The van der Waals surface area contributed by atoms with Crippen molar-refractivity contribution in [3.63, 3.8) is 0 Å². The van der Waals surface area contributed by atoms with E-state index < -0.39 is 0 Å². The minimum atomic E-state index is -0.318. The summed E-state index contributed by atoms with van der Waals surface area (Å²) >= 11 is 4.00. The Labute approximate surface area is 164 Å². The average molecular weight is 472 g/mol. The number of H-pyrrole nitrogens is 1. The molecule has 0 aliphatic heterocycles. The average Bonchev–Trinajstić information content (AvgIpc) is 3.10. The lowest BCUT2D eigenvalue weighted by molar-refractivity contribution is -0.138. The molecule has 0 saturated carbocycles. The highest BCUT2D eigenvalue weighted by atomic mass is 127. The molecular weight excluding hydrogens is 451 g/mol. The number of ether oxygens (including phenoxy) is 2. The summed E-state index contributed by atoms with van der Waals surface area (Å²) in [5.74, 6) is 0. The van der Waals surface area contributed by atoms with E-state index in [4.69, 9.17) is 4.74 Å². The van der Waals surface area contributed by atoms with E-state index in [1.165, 1.54) is 15.1 Å². The third kappa shape index (κ3) is 6.75.